The summed E-state index contributed by atoms with van der Waals surface area (Å²) in [5.41, 5.74) is 1.83. The van der Waals surface area contributed by atoms with Crippen molar-refractivity contribution in [1.29, 1.82) is 0 Å². The minimum absolute atomic E-state index is 0.0913. The van der Waals surface area contributed by atoms with Crippen molar-refractivity contribution < 1.29 is 56.4 Å². The predicted octanol–water partition coefficient (Wildman–Crippen LogP) is 2.72. The molecule has 266 valence electrons. The minimum atomic E-state index is -5.22. The Morgan fingerprint density at radius 2 is 0.938 bits per heavy atom. The van der Waals surface area contributed by atoms with Gasteiger partial charge in [-0.1, -0.05) is 36.4 Å². The number of benzene rings is 2. The van der Waals surface area contributed by atoms with Crippen molar-refractivity contribution in [3.05, 3.63) is 59.7 Å². The Balaban J connectivity index is 1.31. The van der Waals surface area contributed by atoms with E-state index >= 15 is 0 Å². The molecule has 0 aromatic heterocycles. The van der Waals surface area contributed by atoms with E-state index in [-0.39, 0.29) is 38.8 Å². The number of rotatable bonds is 13. The van der Waals surface area contributed by atoms with Gasteiger partial charge >= 0.3 is 24.2 Å². The van der Waals surface area contributed by atoms with E-state index in [0.29, 0.717) is 32.3 Å². The molecule has 2 amide bonds. The topological polar surface area (TPSA) is 152 Å². The van der Waals surface area contributed by atoms with E-state index in [1.807, 2.05) is 0 Å². The van der Waals surface area contributed by atoms with Gasteiger partial charge in [-0.05, 0) is 37.8 Å². The van der Waals surface area contributed by atoms with E-state index in [4.69, 9.17) is 0 Å². The first-order valence-corrected chi connectivity index (χ1v) is 15.3. The standard InChI is InChI=1S/C30H38F6N6O6/c31-29(32,33)25(45)39(15-7-17-41-23(43)19-9-1-3-11-21(19)37-27(41)47)13-5-6-14-40(26(46)30(34,35)36)16-8-18-42-24(44)20-10-2-4-12-22(20)38-28(42)48/h1-4,9-12,23-24,27-28,37-38,43-44,47-48H,5-8,13-18H2. The molecule has 2 aromatic rings. The maximum atomic E-state index is 13.4. The second-order valence-corrected chi connectivity index (χ2v) is 11.4. The number of hydrogen-bond acceptors (Lipinski definition) is 10. The highest BCUT2D eigenvalue weighted by atomic mass is 19.4. The summed E-state index contributed by atoms with van der Waals surface area (Å²) >= 11 is 0. The Morgan fingerprint density at radius 3 is 1.29 bits per heavy atom. The lowest BCUT2D eigenvalue weighted by Gasteiger charge is -2.39. The van der Waals surface area contributed by atoms with Gasteiger partial charge in [-0.25, -0.2) is 9.80 Å². The number of aliphatic hydroxyl groups is 4. The molecule has 0 spiro atoms. The average molecular weight is 693 g/mol. The Hall–Kier alpha value is -3.68. The van der Waals surface area contributed by atoms with Crippen molar-refractivity contribution >= 4 is 23.2 Å². The number of carbonyl (C=O) groups excluding carboxylic acids is 2. The summed E-state index contributed by atoms with van der Waals surface area (Å²) in [6, 6.07) is 13.2. The number of anilines is 2. The quantitative estimate of drug-likeness (QED) is 0.137. The number of unbranched alkanes of at least 4 members (excludes halogenated alkanes) is 1. The van der Waals surface area contributed by atoms with Crippen LogP contribution in [0.5, 0.6) is 0 Å². The van der Waals surface area contributed by atoms with Crippen LogP contribution in [0.25, 0.3) is 0 Å². The molecule has 2 aliphatic rings. The number of alkyl halides is 6. The third-order valence-electron chi connectivity index (χ3n) is 8.16. The number of hydrogen-bond donors (Lipinski definition) is 6. The molecule has 12 nitrogen and oxygen atoms in total. The molecule has 0 radical (unpaired) electrons. The maximum absolute atomic E-state index is 13.4. The fourth-order valence-corrected chi connectivity index (χ4v) is 5.75. The second-order valence-electron chi connectivity index (χ2n) is 11.4. The normalized spacial score (nSPS) is 21.5. The van der Waals surface area contributed by atoms with Crippen molar-refractivity contribution in [2.45, 2.75) is 63.2 Å². The van der Waals surface area contributed by atoms with Crippen LogP contribution in [0.2, 0.25) is 0 Å². The SMILES string of the molecule is O=C(N(CCCCN(CCCN1C(O)Nc2ccccc2C1O)C(=O)C(F)(F)F)CCCN1C(O)Nc2ccccc2C1O)C(F)(F)F. The molecule has 0 saturated heterocycles. The van der Waals surface area contributed by atoms with E-state index in [9.17, 15) is 56.4 Å². The first-order valence-electron chi connectivity index (χ1n) is 15.3. The molecule has 4 rings (SSSR count). The number of halogens is 6. The Bertz CT molecular complexity index is 1300. The zero-order valence-corrected chi connectivity index (χ0v) is 25.7. The van der Waals surface area contributed by atoms with Crippen LogP contribution in [0.15, 0.2) is 48.5 Å². The molecule has 0 saturated carbocycles. The Morgan fingerprint density at radius 1 is 0.604 bits per heavy atom. The van der Waals surface area contributed by atoms with Gasteiger partial charge < -0.3 is 40.9 Å². The third kappa shape index (κ3) is 9.06. The molecular formula is C30H38F6N6O6. The summed E-state index contributed by atoms with van der Waals surface area (Å²) in [4.78, 5) is 27.7. The van der Waals surface area contributed by atoms with Gasteiger partial charge in [-0.15, -0.1) is 0 Å². The molecule has 0 aliphatic carbocycles. The van der Waals surface area contributed by atoms with Crippen molar-refractivity contribution in [1.82, 2.24) is 19.6 Å². The van der Waals surface area contributed by atoms with Crippen LogP contribution < -0.4 is 10.6 Å². The highest BCUT2D eigenvalue weighted by Gasteiger charge is 2.44. The number of aliphatic hydroxyl groups excluding tert-OH is 4. The summed E-state index contributed by atoms with van der Waals surface area (Å²) in [6.07, 6.45) is -16.2. The van der Waals surface area contributed by atoms with E-state index in [2.05, 4.69) is 10.6 Å². The van der Waals surface area contributed by atoms with E-state index in [1.165, 1.54) is 9.80 Å². The fraction of sp³-hybridized carbons (Fsp3) is 0.533. The van der Waals surface area contributed by atoms with Crippen molar-refractivity contribution in [3.63, 3.8) is 0 Å². The molecule has 6 N–H and O–H groups in total. The summed E-state index contributed by atoms with van der Waals surface area (Å²) in [6.45, 7) is -2.04. The number of nitrogens with one attached hydrogen (secondary N) is 2. The number of carbonyl (C=O) groups is 2. The van der Waals surface area contributed by atoms with Gasteiger partial charge in [0.25, 0.3) is 0 Å². The largest absolute Gasteiger partial charge is 0.471 e. The molecule has 4 atom stereocenters. The second kappa shape index (κ2) is 15.7. The first-order chi connectivity index (χ1) is 22.6. The Labute approximate surface area is 272 Å². The highest BCUT2D eigenvalue weighted by Crippen LogP contribution is 2.33. The predicted molar refractivity (Wildman–Crippen MR) is 159 cm³/mol. The van der Waals surface area contributed by atoms with Crippen molar-refractivity contribution in [3.8, 4) is 0 Å². The monoisotopic (exact) mass is 692 g/mol. The summed E-state index contributed by atoms with van der Waals surface area (Å²) < 4.78 is 80.2. The molecule has 0 fully saturated rings. The van der Waals surface area contributed by atoms with Gasteiger partial charge in [0.05, 0.1) is 0 Å². The van der Waals surface area contributed by atoms with E-state index in [0.717, 1.165) is 0 Å². The van der Waals surface area contributed by atoms with Gasteiger partial charge in [-0.3, -0.25) is 9.59 Å². The van der Waals surface area contributed by atoms with Crippen LogP contribution in [0.4, 0.5) is 37.7 Å². The van der Waals surface area contributed by atoms with E-state index < -0.39 is 75.5 Å². The lowest BCUT2D eigenvalue weighted by molar-refractivity contribution is -0.186. The molecule has 2 aliphatic heterocycles. The molecule has 0 bridgehead atoms. The lowest BCUT2D eigenvalue weighted by Crippen LogP contribution is -2.49. The number of nitrogens with zero attached hydrogens (tertiary/aromatic N) is 4. The van der Waals surface area contributed by atoms with Crippen LogP contribution in [0.3, 0.4) is 0 Å². The van der Waals surface area contributed by atoms with Gasteiger partial charge in [0.15, 0.2) is 12.7 Å². The zero-order valence-electron chi connectivity index (χ0n) is 25.7. The highest BCUT2D eigenvalue weighted by molar-refractivity contribution is 5.82. The molecular weight excluding hydrogens is 654 g/mol. The van der Waals surface area contributed by atoms with Crippen LogP contribution in [-0.4, -0.2) is 116 Å². The number of amides is 2. The average Bonchev–Trinajstić information content (AvgIpc) is 3.02. The van der Waals surface area contributed by atoms with Gasteiger partial charge in [0.1, 0.15) is 12.5 Å². The maximum Gasteiger partial charge on any atom is 0.471 e. The van der Waals surface area contributed by atoms with Crippen LogP contribution in [0, 0.1) is 0 Å². The zero-order chi connectivity index (χ0) is 35.2. The van der Waals surface area contributed by atoms with Gasteiger partial charge in [0, 0.05) is 61.8 Å². The summed E-state index contributed by atoms with van der Waals surface area (Å²) in [5, 5.41) is 47.5. The first kappa shape index (κ1) is 37.1. The van der Waals surface area contributed by atoms with Crippen LogP contribution in [-0.2, 0) is 9.59 Å². The summed E-state index contributed by atoms with van der Waals surface area (Å²) in [7, 11) is 0. The lowest BCUT2D eigenvalue weighted by atomic mass is 10.1. The summed E-state index contributed by atoms with van der Waals surface area (Å²) in [5.74, 6) is -4.30. The van der Waals surface area contributed by atoms with Crippen molar-refractivity contribution in [2.24, 2.45) is 0 Å². The Kier molecular flexibility index (Phi) is 12.1. The van der Waals surface area contributed by atoms with Crippen molar-refractivity contribution in [2.75, 3.05) is 49.9 Å². The smallest absolute Gasteiger partial charge is 0.374 e. The third-order valence-corrected chi connectivity index (χ3v) is 8.16. The molecule has 2 heterocycles. The molecule has 2 aromatic carbocycles. The molecule has 18 heteroatoms. The molecule has 4 unspecified atom stereocenters. The van der Waals surface area contributed by atoms with E-state index in [1.54, 1.807) is 48.5 Å². The molecule has 48 heavy (non-hydrogen) atoms. The van der Waals surface area contributed by atoms with Gasteiger partial charge in [0.2, 0.25) is 0 Å². The van der Waals surface area contributed by atoms with Crippen LogP contribution in [0.1, 0.15) is 49.3 Å². The number of fused-ring (bicyclic) bond motifs is 2. The number of para-hydroxylation sites is 2. The minimum Gasteiger partial charge on any atom is -0.374 e. The fourth-order valence-electron chi connectivity index (χ4n) is 5.75. The van der Waals surface area contributed by atoms with Crippen LogP contribution >= 0.6 is 0 Å². The van der Waals surface area contributed by atoms with Gasteiger partial charge in [-0.2, -0.15) is 26.3 Å².